The quantitative estimate of drug-likeness (QED) is 0.468. The molecule has 6 nitrogen and oxygen atoms in total. The van der Waals surface area contributed by atoms with Crippen molar-refractivity contribution in [3.8, 4) is 11.3 Å². The molecule has 0 bridgehead atoms. The summed E-state index contributed by atoms with van der Waals surface area (Å²) >= 11 is 12.3. The van der Waals surface area contributed by atoms with Crippen LogP contribution in [0.5, 0.6) is 0 Å². The van der Waals surface area contributed by atoms with Gasteiger partial charge < -0.3 is 19.5 Å². The van der Waals surface area contributed by atoms with Gasteiger partial charge in [-0.05, 0) is 61.0 Å². The van der Waals surface area contributed by atoms with Gasteiger partial charge in [0.2, 0.25) is 5.91 Å². The van der Waals surface area contributed by atoms with E-state index in [0.29, 0.717) is 33.5 Å². The van der Waals surface area contributed by atoms with E-state index in [1.165, 1.54) is 0 Å². The number of nitrogens with one attached hydrogen (secondary N) is 1. The highest BCUT2D eigenvalue weighted by Crippen LogP contribution is 2.32. The second-order valence-electron chi connectivity index (χ2n) is 7.91. The molecule has 0 spiro atoms. The fourth-order valence-electron chi connectivity index (χ4n) is 3.83. The van der Waals surface area contributed by atoms with Gasteiger partial charge in [-0.15, -0.1) is 0 Å². The predicted octanol–water partition coefficient (Wildman–Crippen LogP) is 5.95. The zero-order chi connectivity index (χ0) is 23.4. The van der Waals surface area contributed by atoms with Crippen LogP contribution in [0.4, 0.5) is 11.4 Å². The van der Waals surface area contributed by atoms with Crippen molar-refractivity contribution < 1.29 is 14.0 Å². The maximum Gasteiger partial charge on any atom is 0.291 e. The van der Waals surface area contributed by atoms with Crippen molar-refractivity contribution in [2.75, 3.05) is 36.4 Å². The summed E-state index contributed by atoms with van der Waals surface area (Å²) < 4.78 is 5.71. The average Bonchev–Trinajstić information content (AvgIpc) is 3.32. The number of amides is 2. The van der Waals surface area contributed by atoms with Gasteiger partial charge in [0.1, 0.15) is 5.76 Å². The Morgan fingerprint density at radius 1 is 0.970 bits per heavy atom. The van der Waals surface area contributed by atoms with E-state index in [9.17, 15) is 9.59 Å². The molecule has 0 saturated carbocycles. The van der Waals surface area contributed by atoms with Gasteiger partial charge in [-0.2, -0.15) is 0 Å². The number of anilines is 2. The van der Waals surface area contributed by atoms with Crippen molar-refractivity contribution in [3.05, 3.63) is 70.4 Å². The van der Waals surface area contributed by atoms with E-state index in [1.54, 1.807) is 30.3 Å². The lowest BCUT2D eigenvalue weighted by Crippen LogP contribution is -2.48. The minimum atomic E-state index is -0.352. The Hall–Kier alpha value is -2.96. The monoisotopic (exact) mass is 485 g/mol. The van der Waals surface area contributed by atoms with Crippen LogP contribution in [0, 0.1) is 0 Å². The summed E-state index contributed by atoms with van der Waals surface area (Å²) in [6, 6.07) is 16.0. The number of carbonyl (C=O) groups excluding carboxylic acids is 2. The molecule has 33 heavy (non-hydrogen) atoms. The Bertz CT molecular complexity index is 1140. The Labute approximate surface area is 203 Å². The Kier molecular flexibility index (Phi) is 7.26. The van der Waals surface area contributed by atoms with Crippen LogP contribution in [0.3, 0.4) is 0 Å². The van der Waals surface area contributed by atoms with Crippen LogP contribution in [-0.4, -0.2) is 42.9 Å². The van der Waals surface area contributed by atoms with Gasteiger partial charge in [0.15, 0.2) is 5.76 Å². The van der Waals surface area contributed by atoms with Crippen LogP contribution in [0.1, 0.15) is 30.3 Å². The number of piperazine rings is 1. The molecular weight excluding hydrogens is 461 g/mol. The molecule has 1 aromatic heterocycles. The van der Waals surface area contributed by atoms with Gasteiger partial charge in [-0.1, -0.05) is 30.1 Å². The summed E-state index contributed by atoms with van der Waals surface area (Å²) in [5, 5.41) is 3.88. The lowest BCUT2D eigenvalue weighted by atomic mass is 10.2. The van der Waals surface area contributed by atoms with E-state index >= 15 is 0 Å². The fourth-order valence-corrected chi connectivity index (χ4v) is 4.21. The van der Waals surface area contributed by atoms with E-state index in [2.05, 4.69) is 10.2 Å². The molecule has 3 aromatic rings. The van der Waals surface area contributed by atoms with Crippen LogP contribution in [0.15, 0.2) is 59.0 Å². The van der Waals surface area contributed by atoms with Crippen molar-refractivity contribution in [2.24, 2.45) is 0 Å². The van der Waals surface area contributed by atoms with Gasteiger partial charge in [0.25, 0.3) is 5.91 Å². The maximum absolute atomic E-state index is 12.6. The summed E-state index contributed by atoms with van der Waals surface area (Å²) in [7, 11) is 0. The van der Waals surface area contributed by atoms with Crippen molar-refractivity contribution in [2.45, 2.75) is 19.8 Å². The molecule has 1 N–H and O–H groups in total. The van der Waals surface area contributed by atoms with E-state index in [0.717, 1.165) is 38.3 Å². The number of benzene rings is 2. The van der Waals surface area contributed by atoms with Gasteiger partial charge in [-0.25, -0.2) is 0 Å². The minimum absolute atomic E-state index is 0.179. The lowest BCUT2D eigenvalue weighted by Gasteiger charge is -2.36. The first kappa shape index (κ1) is 23.2. The second kappa shape index (κ2) is 10.3. The van der Waals surface area contributed by atoms with Crippen LogP contribution < -0.4 is 10.2 Å². The standard InChI is InChI=1S/C25H25Cl2N3O3/c1-2-3-24(31)30-14-12-29(13-15-30)19-7-5-18(6-8-19)28-25(32)23-11-10-22(33-23)20-16-17(26)4-9-21(20)27/h4-11,16H,2-3,12-15H2,1H3,(H,28,32). The molecule has 172 valence electrons. The van der Waals surface area contributed by atoms with E-state index in [1.807, 2.05) is 36.1 Å². The van der Waals surface area contributed by atoms with Gasteiger partial charge in [0, 0.05) is 54.6 Å². The SMILES string of the molecule is CCCC(=O)N1CCN(c2ccc(NC(=O)c3ccc(-c4cc(Cl)ccc4Cl)o3)cc2)CC1. The molecule has 1 saturated heterocycles. The fraction of sp³-hybridized carbons (Fsp3) is 0.280. The third kappa shape index (κ3) is 5.52. The molecule has 1 aliphatic heterocycles. The maximum atomic E-state index is 12.6. The topological polar surface area (TPSA) is 65.8 Å². The molecule has 4 rings (SSSR count). The largest absolute Gasteiger partial charge is 0.451 e. The first-order chi connectivity index (χ1) is 15.9. The lowest BCUT2D eigenvalue weighted by molar-refractivity contribution is -0.131. The molecule has 2 aromatic carbocycles. The number of rotatable bonds is 6. The van der Waals surface area contributed by atoms with Crippen LogP contribution in [0.2, 0.25) is 10.0 Å². The zero-order valence-corrected chi connectivity index (χ0v) is 19.8. The Morgan fingerprint density at radius 3 is 2.39 bits per heavy atom. The highest BCUT2D eigenvalue weighted by Gasteiger charge is 2.21. The number of furan rings is 1. The molecule has 8 heteroatoms. The number of hydrogen-bond acceptors (Lipinski definition) is 4. The van der Waals surface area contributed by atoms with Crippen molar-refractivity contribution in [3.63, 3.8) is 0 Å². The summed E-state index contributed by atoms with van der Waals surface area (Å²) in [6.07, 6.45) is 1.48. The van der Waals surface area contributed by atoms with Crippen LogP contribution in [0.25, 0.3) is 11.3 Å². The number of nitrogens with zero attached hydrogens (tertiary/aromatic N) is 2. The van der Waals surface area contributed by atoms with E-state index in [-0.39, 0.29) is 17.6 Å². The smallest absolute Gasteiger partial charge is 0.291 e. The molecule has 2 amide bonds. The third-order valence-electron chi connectivity index (χ3n) is 5.61. The Morgan fingerprint density at radius 2 is 1.70 bits per heavy atom. The molecule has 0 radical (unpaired) electrons. The van der Waals surface area contributed by atoms with Crippen molar-refractivity contribution >= 4 is 46.4 Å². The molecule has 0 aliphatic carbocycles. The normalized spacial score (nSPS) is 13.8. The van der Waals surface area contributed by atoms with Crippen molar-refractivity contribution in [1.82, 2.24) is 4.90 Å². The first-order valence-corrected chi connectivity index (χ1v) is 11.7. The molecule has 0 atom stereocenters. The zero-order valence-electron chi connectivity index (χ0n) is 18.3. The average molecular weight is 486 g/mol. The van der Waals surface area contributed by atoms with E-state index in [4.69, 9.17) is 27.6 Å². The molecule has 2 heterocycles. The number of carbonyl (C=O) groups is 2. The van der Waals surface area contributed by atoms with Gasteiger partial charge >= 0.3 is 0 Å². The second-order valence-corrected chi connectivity index (χ2v) is 8.75. The molecule has 0 unspecified atom stereocenters. The minimum Gasteiger partial charge on any atom is -0.451 e. The molecule has 1 fully saturated rings. The van der Waals surface area contributed by atoms with E-state index < -0.39 is 0 Å². The third-order valence-corrected chi connectivity index (χ3v) is 6.17. The first-order valence-electron chi connectivity index (χ1n) is 10.9. The van der Waals surface area contributed by atoms with Gasteiger partial charge in [0.05, 0.1) is 5.02 Å². The molecule has 1 aliphatic rings. The number of hydrogen-bond donors (Lipinski definition) is 1. The predicted molar refractivity (Wildman–Crippen MR) is 132 cm³/mol. The van der Waals surface area contributed by atoms with Gasteiger partial charge in [-0.3, -0.25) is 9.59 Å². The summed E-state index contributed by atoms with van der Waals surface area (Å²) in [5.74, 6) is 0.529. The summed E-state index contributed by atoms with van der Waals surface area (Å²) in [5.41, 5.74) is 2.36. The highest BCUT2D eigenvalue weighted by atomic mass is 35.5. The molecular formula is C25H25Cl2N3O3. The summed E-state index contributed by atoms with van der Waals surface area (Å²) in [4.78, 5) is 28.9. The Balaban J connectivity index is 1.36. The van der Waals surface area contributed by atoms with Crippen molar-refractivity contribution in [1.29, 1.82) is 0 Å². The number of halogens is 2. The summed E-state index contributed by atoms with van der Waals surface area (Å²) in [6.45, 7) is 5.07. The van der Waals surface area contributed by atoms with Crippen LogP contribution >= 0.6 is 23.2 Å². The van der Waals surface area contributed by atoms with Crippen LogP contribution in [-0.2, 0) is 4.79 Å². The highest BCUT2D eigenvalue weighted by molar-refractivity contribution is 6.35.